The monoisotopic (exact) mass is 611 g/mol. The van der Waals surface area contributed by atoms with Gasteiger partial charge in [-0.2, -0.15) is 0 Å². The van der Waals surface area contributed by atoms with Crippen molar-refractivity contribution in [3.8, 4) is 5.69 Å². The van der Waals surface area contributed by atoms with E-state index in [1.54, 1.807) is 12.3 Å². The maximum Gasteiger partial charge on any atom is 0.226 e. The van der Waals surface area contributed by atoms with Gasteiger partial charge < -0.3 is 20.1 Å². The molecule has 0 aliphatic carbocycles. The van der Waals surface area contributed by atoms with Crippen molar-refractivity contribution >= 4 is 69.4 Å². The molecule has 1 aliphatic heterocycles. The molecule has 1 saturated heterocycles. The molecule has 3 heterocycles. The minimum Gasteiger partial charge on any atom is -0.351 e. The summed E-state index contributed by atoms with van der Waals surface area (Å²) in [6.45, 7) is 7.79. The Hall–Kier alpha value is -3.10. The Morgan fingerprint density at radius 3 is 2.45 bits per heavy atom. The first-order valence-corrected chi connectivity index (χ1v) is 14.4. The smallest absolute Gasteiger partial charge is 0.226 e. The lowest BCUT2D eigenvalue weighted by Gasteiger charge is -2.28. The van der Waals surface area contributed by atoms with E-state index in [9.17, 15) is 4.79 Å². The molecule has 1 aliphatic rings. The largest absolute Gasteiger partial charge is 0.351 e. The van der Waals surface area contributed by atoms with Crippen molar-refractivity contribution in [2.75, 3.05) is 10.2 Å². The average molecular weight is 613 g/mol. The van der Waals surface area contributed by atoms with Gasteiger partial charge in [-0.15, -0.1) is 0 Å². The molecular weight excluding hydrogens is 585 g/mol. The lowest BCUT2D eigenvalue weighted by Crippen LogP contribution is -2.29. The van der Waals surface area contributed by atoms with E-state index in [0.29, 0.717) is 25.9 Å². The number of carbonyl (C=O) groups is 1. The van der Waals surface area contributed by atoms with E-state index >= 15 is 0 Å². The molecule has 2 N–H and O–H groups in total. The number of hydrogen-bond acceptors (Lipinski definition) is 3. The number of aryl methyl sites for hydroxylation is 1. The fourth-order valence-electron chi connectivity index (χ4n) is 5.10. The quantitative estimate of drug-likeness (QED) is 0.215. The summed E-state index contributed by atoms with van der Waals surface area (Å²) in [7, 11) is 0. The van der Waals surface area contributed by atoms with Gasteiger partial charge in [0.1, 0.15) is 0 Å². The maximum absolute atomic E-state index is 12.3. The molecule has 2 atom stereocenters. The Labute approximate surface area is 254 Å². The summed E-state index contributed by atoms with van der Waals surface area (Å²) in [4.78, 5) is 19.0. The first-order chi connectivity index (χ1) is 19.1. The molecule has 6 nitrogen and oxygen atoms in total. The van der Waals surface area contributed by atoms with Gasteiger partial charge in [0.05, 0.1) is 39.2 Å². The van der Waals surface area contributed by atoms with E-state index in [1.807, 2.05) is 69.3 Å². The molecule has 0 saturated carbocycles. The Kier molecular flexibility index (Phi) is 8.11. The van der Waals surface area contributed by atoms with Crippen LogP contribution in [0.4, 0.5) is 11.4 Å². The number of amides is 1. The second-order valence-corrected chi connectivity index (χ2v) is 11.7. The predicted octanol–water partition coefficient (Wildman–Crippen LogP) is 8.22. The first-order valence-electron chi connectivity index (χ1n) is 12.8. The summed E-state index contributed by atoms with van der Waals surface area (Å²) in [5.41, 5.74) is 6.13. The van der Waals surface area contributed by atoms with Gasteiger partial charge in [-0.1, -0.05) is 54.7 Å². The molecule has 0 radical (unpaired) electrons. The molecule has 40 heavy (non-hydrogen) atoms. The van der Waals surface area contributed by atoms with Gasteiger partial charge in [0.15, 0.2) is 5.11 Å². The summed E-state index contributed by atoms with van der Waals surface area (Å²) in [6.07, 6.45) is 1.78. The van der Waals surface area contributed by atoms with Crippen LogP contribution in [-0.4, -0.2) is 20.6 Å². The van der Waals surface area contributed by atoms with E-state index < -0.39 is 0 Å². The van der Waals surface area contributed by atoms with Crippen LogP contribution < -0.4 is 15.5 Å². The molecule has 0 bridgehead atoms. The molecule has 0 spiro atoms. The van der Waals surface area contributed by atoms with Crippen LogP contribution in [0.1, 0.15) is 48.6 Å². The zero-order valence-electron chi connectivity index (χ0n) is 22.4. The summed E-state index contributed by atoms with van der Waals surface area (Å²) in [6, 6.07) is 18.6. The van der Waals surface area contributed by atoms with Crippen molar-refractivity contribution in [3.05, 3.63) is 105 Å². The minimum absolute atomic E-state index is 0.102. The van der Waals surface area contributed by atoms with Crippen LogP contribution in [0.15, 0.2) is 66.9 Å². The van der Waals surface area contributed by atoms with Crippen LogP contribution in [0.5, 0.6) is 0 Å². The molecule has 4 aromatic rings. The average Bonchev–Trinajstić information content (AvgIpc) is 3.41. The zero-order valence-corrected chi connectivity index (χ0v) is 25.5. The topological polar surface area (TPSA) is 62.2 Å². The highest BCUT2D eigenvalue weighted by molar-refractivity contribution is 7.80. The van der Waals surface area contributed by atoms with Gasteiger partial charge in [0, 0.05) is 34.2 Å². The van der Waals surface area contributed by atoms with Crippen LogP contribution in [0.3, 0.4) is 0 Å². The highest BCUT2D eigenvalue weighted by atomic mass is 35.5. The molecule has 0 unspecified atom stereocenters. The molecule has 206 valence electrons. The van der Waals surface area contributed by atoms with E-state index in [1.165, 1.54) is 0 Å². The number of rotatable bonds is 6. The summed E-state index contributed by atoms with van der Waals surface area (Å²) in [5, 5.41) is 8.49. The van der Waals surface area contributed by atoms with Crippen molar-refractivity contribution in [3.63, 3.8) is 0 Å². The standard InChI is InChI=1S/C30H28Cl3N5OS/c1-16(2)29(39)35-24-10-9-20(15-22(24)32)38-28(27(36-30(38)40)25-7-5-6-12-34-25)21-13-17(3)37(18(21)4)26-11-8-19(31)14-23(26)33/h5-16,27-28H,1-4H3,(H,35,39)(H,36,40)/t27-,28-/m0/s1. The van der Waals surface area contributed by atoms with Crippen molar-refractivity contribution < 1.29 is 4.79 Å². The van der Waals surface area contributed by atoms with Gasteiger partial charge >= 0.3 is 0 Å². The Bertz CT molecular complexity index is 1600. The second kappa shape index (κ2) is 11.4. The van der Waals surface area contributed by atoms with E-state index in [4.69, 9.17) is 47.0 Å². The lowest BCUT2D eigenvalue weighted by molar-refractivity contribution is -0.118. The molecule has 1 fully saturated rings. The van der Waals surface area contributed by atoms with Crippen molar-refractivity contribution in [1.82, 2.24) is 14.9 Å². The maximum atomic E-state index is 12.3. The molecule has 5 rings (SSSR count). The fourth-order valence-corrected chi connectivity index (χ4v) is 6.16. The number of benzene rings is 2. The summed E-state index contributed by atoms with van der Waals surface area (Å²) >= 11 is 25.4. The number of aromatic nitrogens is 2. The van der Waals surface area contributed by atoms with Gasteiger partial charge in [0.2, 0.25) is 5.91 Å². The molecular formula is C30H28Cl3N5OS. The molecule has 2 aromatic carbocycles. The van der Waals surface area contributed by atoms with E-state index in [-0.39, 0.29) is 23.9 Å². The number of nitrogens with one attached hydrogen (secondary N) is 2. The van der Waals surface area contributed by atoms with Crippen molar-refractivity contribution in [2.45, 2.75) is 39.8 Å². The van der Waals surface area contributed by atoms with Gasteiger partial charge in [-0.25, -0.2) is 0 Å². The van der Waals surface area contributed by atoms with Crippen molar-refractivity contribution in [1.29, 1.82) is 0 Å². The highest BCUT2D eigenvalue weighted by Crippen LogP contribution is 2.45. The fraction of sp³-hybridized carbons (Fsp3) is 0.233. The molecule has 2 aromatic heterocycles. The molecule has 1 amide bonds. The van der Waals surface area contributed by atoms with Gasteiger partial charge in [-0.3, -0.25) is 9.78 Å². The number of thiocarbonyl (C=S) groups is 1. The third-order valence-corrected chi connectivity index (χ3v) is 8.22. The zero-order chi connectivity index (χ0) is 28.7. The van der Waals surface area contributed by atoms with Crippen molar-refractivity contribution in [2.24, 2.45) is 5.92 Å². The van der Waals surface area contributed by atoms with Crippen LogP contribution >= 0.6 is 47.0 Å². The predicted molar refractivity (Wildman–Crippen MR) is 168 cm³/mol. The first kappa shape index (κ1) is 28.4. The summed E-state index contributed by atoms with van der Waals surface area (Å²) in [5.74, 6) is -0.270. The third kappa shape index (κ3) is 5.31. The Morgan fingerprint density at radius 2 is 1.80 bits per heavy atom. The van der Waals surface area contributed by atoms with Gasteiger partial charge in [0.25, 0.3) is 0 Å². The van der Waals surface area contributed by atoms with Crippen LogP contribution in [0.25, 0.3) is 5.69 Å². The highest BCUT2D eigenvalue weighted by Gasteiger charge is 2.42. The number of anilines is 2. The van der Waals surface area contributed by atoms with Crippen LogP contribution in [0.2, 0.25) is 15.1 Å². The second-order valence-electron chi connectivity index (χ2n) is 10.1. The van der Waals surface area contributed by atoms with Crippen LogP contribution in [-0.2, 0) is 4.79 Å². The third-order valence-electron chi connectivity index (χ3n) is 7.05. The Morgan fingerprint density at radius 1 is 1.02 bits per heavy atom. The lowest BCUT2D eigenvalue weighted by atomic mass is 9.96. The number of halogens is 3. The number of carbonyl (C=O) groups excluding carboxylic acids is 1. The molecule has 10 heteroatoms. The number of nitrogens with zero attached hydrogens (tertiary/aromatic N) is 3. The normalized spacial score (nSPS) is 16.9. The van der Waals surface area contributed by atoms with Gasteiger partial charge in [-0.05, 0) is 86.2 Å². The SMILES string of the molecule is Cc1cc([C@H]2[C@H](c3ccccn3)NC(=S)N2c2ccc(NC(=O)C(C)C)c(Cl)c2)c(C)n1-c1ccc(Cl)cc1Cl. The van der Waals surface area contributed by atoms with Crippen LogP contribution in [0, 0.1) is 19.8 Å². The Balaban J connectivity index is 1.63. The number of pyridine rings is 1. The number of hydrogen-bond donors (Lipinski definition) is 2. The summed E-state index contributed by atoms with van der Waals surface area (Å²) < 4.78 is 2.13. The minimum atomic E-state index is -0.249. The van der Waals surface area contributed by atoms with E-state index in [2.05, 4.69) is 38.1 Å². The van der Waals surface area contributed by atoms with E-state index in [0.717, 1.165) is 34.0 Å².